The highest BCUT2D eigenvalue weighted by Crippen LogP contribution is 2.34. The van der Waals surface area contributed by atoms with Gasteiger partial charge >= 0.3 is 6.18 Å². The van der Waals surface area contributed by atoms with E-state index in [1.54, 1.807) is 12.1 Å². The van der Waals surface area contributed by atoms with Crippen molar-refractivity contribution in [2.45, 2.75) is 56.1 Å². The van der Waals surface area contributed by atoms with Crippen LogP contribution in [0.4, 0.5) is 18.9 Å². The summed E-state index contributed by atoms with van der Waals surface area (Å²) in [6.45, 7) is 2.21. The summed E-state index contributed by atoms with van der Waals surface area (Å²) in [6, 6.07) is 7.70. The van der Waals surface area contributed by atoms with Crippen molar-refractivity contribution < 1.29 is 13.2 Å². The lowest BCUT2D eigenvalue weighted by molar-refractivity contribution is -0.105. The topological polar surface area (TPSA) is 12.0 Å². The van der Waals surface area contributed by atoms with E-state index in [0.717, 1.165) is 36.2 Å². The number of para-hydroxylation sites is 1. The second kappa shape index (κ2) is 7.43. The van der Waals surface area contributed by atoms with Crippen LogP contribution in [0.5, 0.6) is 0 Å². The van der Waals surface area contributed by atoms with E-state index in [1.807, 2.05) is 12.1 Å². The first-order valence-corrected chi connectivity index (χ1v) is 8.51. The maximum Gasteiger partial charge on any atom is 0.398 e. The average molecular weight is 317 g/mol. The maximum absolute atomic E-state index is 12.4. The number of anilines is 1. The van der Waals surface area contributed by atoms with Crippen molar-refractivity contribution in [1.82, 2.24) is 0 Å². The summed E-state index contributed by atoms with van der Waals surface area (Å²) in [7, 11) is 0. The first kappa shape index (κ1) is 16.5. The third-order valence-electron chi connectivity index (χ3n) is 4.00. The number of hydrogen-bond acceptors (Lipinski definition) is 2. The number of benzene rings is 1. The fourth-order valence-electron chi connectivity index (χ4n) is 2.88. The lowest BCUT2D eigenvalue weighted by atomic mass is 9.84. The highest BCUT2D eigenvalue weighted by molar-refractivity contribution is 7.99. The Kier molecular flexibility index (Phi) is 5.85. The van der Waals surface area contributed by atoms with Crippen molar-refractivity contribution in [3.63, 3.8) is 0 Å². The van der Waals surface area contributed by atoms with Gasteiger partial charge in [-0.3, -0.25) is 0 Å². The summed E-state index contributed by atoms with van der Waals surface area (Å²) in [5.74, 6) is -0.0975. The van der Waals surface area contributed by atoms with Crippen LogP contribution >= 0.6 is 11.8 Å². The van der Waals surface area contributed by atoms with Gasteiger partial charge < -0.3 is 5.32 Å². The van der Waals surface area contributed by atoms with Gasteiger partial charge in [0.2, 0.25) is 0 Å². The fraction of sp³-hybridized carbons (Fsp3) is 0.625. The molecule has 2 unspecified atom stereocenters. The van der Waals surface area contributed by atoms with Crippen molar-refractivity contribution in [1.29, 1.82) is 0 Å². The minimum Gasteiger partial charge on any atom is -0.381 e. The first-order valence-electron chi connectivity index (χ1n) is 7.53. The Morgan fingerprint density at radius 3 is 2.71 bits per heavy atom. The zero-order valence-corrected chi connectivity index (χ0v) is 13.1. The Morgan fingerprint density at radius 2 is 2.00 bits per heavy atom. The summed E-state index contributed by atoms with van der Waals surface area (Å²) in [4.78, 5) is 0.688. The molecule has 0 saturated heterocycles. The molecule has 1 fully saturated rings. The van der Waals surface area contributed by atoms with E-state index in [-0.39, 0.29) is 0 Å². The fourth-order valence-corrected chi connectivity index (χ4v) is 3.66. The van der Waals surface area contributed by atoms with Crippen LogP contribution in [-0.4, -0.2) is 18.0 Å². The largest absolute Gasteiger partial charge is 0.398 e. The molecule has 1 aliphatic rings. The van der Waals surface area contributed by atoms with Gasteiger partial charge in [-0.1, -0.05) is 38.3 Å². The Morgan fingerprint density at radius 1 is 1.24 bits per heavy atom. The normalized spacial score (nSPS) is 23.0. The van der Waals surface area contributed by atoms with Crippen molar-refractivity contribution in [3.8, 4) is 0 Å². The number of rotatable bonds is 5. The van der Waals surface area contributed by atoms with E-state index >= 15 is 0 Å². The second-order valence-corrected chi connectivity index (χ2v) is 6.70. The second-order valence-electron chi connectivity index (χ2n) is 5.68. The molecule has 1 N–H and O–H groups in total. The number of halogens is 3. The summed E-state index contributed by atoms with van der Waals surface area (Å²) in [6.07, 6.45) is 1.76. The molecule has 21 heavy (non-hydrogen) atoms. The van der Waals surface area contributed by atoms with E-state index in [2.05, 4.69) is 12.2 Å². The third kappa shape index (κ3) is 5.46. The van der Waals surface area contributed by atoms with Crippen molar-refractivity contribution in [2.24, 2.45) is 5.92 Å². The van der Waals surface area contributed by atoms with E-state index in [4.69, 9.17) is 0 Å². The van der Waals surface area contributed by atoms with Crippen molar-refractivity contribution in [3.05, 3.63) is 24.3 Å². The SMILES string of the molecule is CCC1CCCC(Nc2ccccc2SCC(F)(F)F)C1. The molecule has 0 radical (unpaired) electrons. The number of nitrogens with one attached hydrogen (secondary N) is 1. The smallest absolute Gasteiger partial charge is 0.381 e. The summed E-state index contributed by atoms with van der Waals surface area (Å²) < 4.78 is 37.2. The van der Waals surface area contributed by atoms with Crippen molar-refractivity contribution in [2.75, 3.05) is 11.1 Å². The molecule has 0 bridgehead atoms. The number of thioether (sulfide) groups is 1. The van der Waals surface area contributed by atoms with Gasteiger partial charge in [-0.15, -0.1) is 11.8 Å². The summed E-state index contributed by atoms with van der Waals surface area (Å²) >= 11 is 0.862. The molecule has 1 aromatic rings. The number of hydrogen-bond donors (Lipinski definition) is 1. The zero-order chi connectivity index (χ0) is 15.3. The van der Waals surface area contributed by atoms with Crippen LogP contribution in [0, 0.1) is 5.92 Å². The molecule has 1 aliphatic carbocycles. The Bertz CT molecular complexity index is 447. The number of alkyl halides is 3. The van der Waals surface area contributed by atoms with Gasteiger partial charge in [0.15, 0.2) is 0 Å². The Labute approximate surface area is 128 Å². The molecule has 2 rings (SSSR count). The summed E-state index contributed by atoms with van der Waals surface area (Å²) in [5.41, 5.74) is 0.841. The van der Waals surface area contributed by atoms with Gasteiger partial charge in [-0.2, -0.15) is 13.2 Å². The minimum atomic E-state index is -4.13. The summed E-state index contributed by atoms with van der Waals surface area (Å²) in [5, 5.41) is 3.46. The van der Waals surface area contributed by atoms with Gasteiger partial charge in [-0.25, -0.2) is 0 Å². The van der Waals surface area contributed by atoms with Crippen LogP contribution in [0.2, 0.25) is 0 Å². The molecule has 0 amide bonds. The molecule has 1 nitrogen and oxygen atoms in total. The Hall–Kier alpha value is -0.840. The molecule has 5 heteroatoms. The van der Waals surface area contributed by atoms with E-state index in [1.165, 1.54) is 19.3 Å². The molecule has 118 valence electrons. The Balaban J connectivity index is 1.99. The van der Waals surface area contributed by atoms with E-state index in [0.29, 0.717) is 10.9 Å². The lowest BCUT2D eigenvalue weighted by Gasteiger charge is -2.30. The molecule has 1 aromatic carbocycles. The van der Waals surface area contributed by atoms with Gasteiger partial charge in [0, 0.05) is 16.6 Å². The maximum atomic E-state index is 12.4. The molecule has 0 spiro atoms. The molecular weight excluding hydrogens is 295 g/mol. The van der Waals surface area contributed by atoms with Crippen LogP contribution < -0.4 is 5.32 Å². The standard InChI is InChI=1S/C16H22F3NS/c1-2-12-6-5-7-13(10-12)20-14-8-3-4-9-15(14)21-11-16(17,18)19/h3-4,8-9,12-13,20H,2,5-7,10-11H2,1H3. The third-order valence-corrected chi connectivity index (χ3v) is 5.14. The monoisotopic (exact) mass is 317 g/mol. The van der Waals surface area contributed by atoms with Crippen molar-refractivity contribution >= 4 is 17.4 Å². The van der Waals surface area contributed by atoms with Gasteiger partial charge in [0.25, 0.3) is 0 Å². The molecular formula is C16H22F3NS. The van der Waals surface area contributed by atoms with E-state index in [9.17, 15) is 13.2 Å². The first-order chi connectivity index (χ1) is 9.98. The van der Waals surface area contributed by atoms with Crippen LogP contribution in [0.3, 0.4) is 0 Å². The molecule has 0 aliphatic heterocycles. The highest BCUT2D eigenvalue weighted by atomic mass is 32.2. The molecule has 1 saturated carbocycles. The van der Waals surface area contributed by atoms with Gasteiger partial charge in [-0.05, 0) is 30.9 Å². The molecule has 0 aromatic heterocycles. The lowest BCUT2D eigenvalue weighted by Crippen LogP contribution is -2.27. The van der Waals surface area contributed by atoms with E-state index < -0.39 is 11.9 Å². The quantitative estimate of drug-likeness (QED) is 0.697. The molecule has 0 heterocycles. The van der Waals surface area contributed by atoms with Crippen LogP contribution in [0.15, 0.2) is 29.2 Å². The zero-order valence-electron chi connectivity index (χ0n) is 12.2. The van der Waals surface area contributed by atoms with Crippen LogP contribution in [0.25, 0.3) is 0 Å². The predicted octanol–water partition coefficient (Wildman–Crippen LogP) is 5.72. The average Bonchev–Trinajstić information content (AvgIpc) is 2.46. The highest BCUT2D eigenvalue weighted by Gasteiger charge is 2.28. The predicted molar refractivity (Wildman–Crippen MR) is 82.9 cm³/mol. The van der Waals surface area contributed by atoms with Gasteiger partial charge in [0.05, 0.1) is 5.75 Å². The van der Waals surface area contributed by atoms with Gasteiger partial charge in [0.1, 0.15) is 0 Å². The molecule has 2 atom stereocenters. The van der Waals surface area contributed by atoms with Crippen LogP contribution in [-0.2, 0) is 0 Å². The minimum absolute atomic E-state index is 0.385. The van der Waals surface area contributed by atoms with Crippen LogP contribution in [0.1, 0.15) is 39.0 Å².